The monoisotopic (exact) mass is 304 g/mol. The van der Waals surface area contributed by atoms with Crippen molar-refractivity contribution in [3.8, 4) is 0 Å². The van der Waals surface area contributed by atoms with Crippen LogP contribution in [0.2, 0.25) is 5.02 Å². The van der Waals surface area contributed by atoms with Crippen molar-refractivity contribution in [1.82, 2.24) is 9.97 Å². The Kier molecular flexibility index (Phi) is 7.39. The standard InChI is InChI=1S/C4H2ClN2.HI.Zn/c5-4-1-6-3-7-2-4;;/h1-2H;1H;/q-1;;+2/p-1. The molecule has 0 saturated carbocycles. The predicted molar refractivity (Wildman–Crippen MR) is 39.9 cm³/mol. The van der Waals surface area contributed by atoms with Crippen LogP contribution in [-0.4, -0.2) is 9.97 Å². The van der Waals surface area contributed by atoms with Gasteiger partial charge in [0.25, 0.3) is 0 Å². The average Bonchev–Trinajstić information content (AvgIpc) is 1.94. The van der Waals surface area contributed by atoms with Crippen LogP contribution in [0.5, 0.6) is 0 Å². The summed E-state index contributed by atoms with van der Waals surface area (Å²) in [5.41, 5.74) is 0. The fourth-order valence-electron chi connectivity index (χ4n) is 0.248. The van der Waals surface area contributed by atoms with Gasteiger partial charge in [0, 0.05) is 6.33 Å². The Hall–Kier alpha value is 0.723. The van der Waals surface area contributed by atoms with E-state index in [0.29, 0.717) is 5.02 Å². The fraction of sp³-hybridized carbons (Fsp3) is 0. The van der Waals surface area contributed by atoms with E-state index in [1.165, 1.54) is 27.2 Å². The van der Waals surface area contributed by atoms with Crippen LogP contribution in [0.3, 0.4) is 0 Å². The van der Waals surface area contributed by atoms with E-state index in [9.17, 15) is 0 Å². The Morgan fingerprint density at radius 1 is 1.44 bits per heavy atom. The van der Waals surface area contributed by atoms with Crippen LogP contribution in [0.1, 0.15) is 0 Å². The molecule has 0 saturated heterocycles. The summed E-state index contributed by atoms with van der Waals surface area (Å²) in [5.74, 6) is 0. The first-order chi connectivity index (χ1) is 4.39. The van der Waals surface area contributed by atoms with Gasteiger partial charge in [-0.1, -0.05) is 12.4 Å². The number of aromatic nitrogens is 2. The summed E-state index contributed by atoms with van der Waals surface area (Å²) >= 11 is 9.01. The number of halogens is 2. The molecule has 9 heavy (non-hydrogen) atoms. The fourth-order valence-corrected chi connectivity index (χ4v) is 0.345. The first-order valence-electron chi connectivity index (χ1n) is 2.00. The maximum absolute atomic E-state index is 5.39. The van der Waals surface area contributed by atoms with Crippen molar-refractivity contribution < 1.29 is 14.8 Å². The molecule has 0 fully saturated rings. The molecule has 1 aromatic rings. The Bertz CT molecular complexity index is 148. The Balaban J connectivity index is 0.000000291. The SMILES string of the molecule is Clc1cn[c-]nc1.[Zn+][I]. The Labute approximate surface area is 79.3 Å². The molecule has 0 aliphatic heterocycles. The molecule has 0 radical (unpaired) electrons. The topological polar surface area (TPSA) is 25.8 Å². The van der Waals surface area contributed by atoms with Gasteiger partial charge in [0.15, 0.2) is 0 Å². The van der Waals surface area contributed by atoms with Gasteiger partial charge in [-0.2, -0.15) is 0 Å². The molecule has 0 aliphatic carbocycles. The number of nitrogens with zero attached hydrogens (tertiary/aromatic N) is 2. The second-order valence-electron chi connectivity index (χ2n) is 1.00. The van der Waals surface area contributed by atoms with Crippen molar-refractivity contribution in [1.29, 1.82) is 0 Å². The molecule has 0 aliphatic rings. The summed E-state index contributed by atoms with van der Waals surface area (Å²) < 4.78 is 0. The first kappa shape index (κ1) is 9.72. The van der Waals surface area contributed by atoms with E-state index in [4.69, 9.17) is 11.6 Å². The van der Waals surface area contributed by atoms with Gasteiger partial charge in [-0.15, -0.1) is 11.6 Å². The summed E-state index contributed by atoms with van der Waals surface area (Å²) in [6.07, 6.45) is 5.31. The molecule has 1 aromatic heterocycles. The summed E-state index contributed by atoms with van der Waals surface area (Å²) in [5, 5.41) is 0.541. The van der Waals surface area contributed by atoms with Crippen molar-refractivity contribution >= 4 is 31.4 Å². The summed E-state index contributed by atoms with van der Waals surface area (Å²) in [4.78, 5) is 7.03. The zero-order chi connectivity index (χ0) is 7.11. The van der Waals surface area contributed by atoms with Gasteiger partial charge in [0.2, 0.25) is 0 Å². The second-order valence-corrected chi connectivity index (χ2v) is 1.44. The average molecular weight is 306 g/mol. The molecule has 0 atom stereocenters. The minimum atomic E-state index is 0.541. The van der Waals surface area contributed by atoms with Crippen molar-refractivity contribution in [2.24, 2.45) is 0 Å². The van der Waals surface area contributed by atoms with Crippen LogP contribution in [0, 0.1) is 6.33 Å². The zero-order valence-electron chi connectivity index (χ0n) is 4.51. The third-order valence-corrected chi connectivity index (χ3v) is 0.686. The van der Waals surface area contributed by atoms with E-state index in [1.807, 2.05) is 0 Å². The molecular formula is C4H2ClIN2Zn. The second kappa shape index (κ2) is 6.84. The van der Waals surface area contributed by atoms with Crippen LogP contribution in [0.15, 0.2) is 12.4 Å². The molecule has 0 unspecified atom stereocenters. The molecule has 0 spiro atoms. The van der Waals surface area contributed by atoms with Crippen molar-refractivity contribution in [3.05, 3.63) is 23.7 Å². The van der Waals surface area contributed by atoms with Crippen LogP contribution in [0.25, 0.3) is 0 Å². The van der Waals surface area contributed by atoms with Crippen molar-refractivity contribution in [3.63, 3.8) is 0 Å². The number of rotatable bonds is 0. The number of hydrogen-bond acceptors (Lipinski definition) is 2. The van der Waals surface area contributed by atoms with Crippen molar-refractivity contribution in [2.45, 2.75) is 0 Å². The molecule has 1 rings (SSSR count). The predicted octanol–water partition coefficient (Wildman–Crippen LogP) is 1.81. The van der Waals surface area contributed by atoms with Gasteiger partial charge in [-0.25, -0.2) is 0 Å². The van der Waals surface area contributed by atoms with E-state index >= 15 is 0 Å². The molecular weight excluding hydrogens is 304 g/mol. The summed E-state index contributed by atoms with van der Waals surface area (Å²) in [7, 11) is 0. The van der Waals surface area contributed by atoms with Crippen molar-refractivity contribution in [2.75, 3.05) is 0 Å². The Morgan fingerprint density at radius 2 is 1.89 bits per heavy atom. The third-order valence-electron chi connectivity index (χ3n) is 0.491. The van der Waals surface area contributed by atoms with Crippen LogP contribution < -0.4 is 0 Å². The molecule has 0 N–H and O–H groups in total. The normalized spacial score (nSPS) is 7.56. The minimum absolute atomic E-state index is 0.541. The summed E-state index contributed by atoms with van der Waals surface area (Å²) in [6, 6.07) is 0. The van der Waals surface area contributed by atoms with E-state index in [0.717, 1.165) is 0 Å². The Morgan fingerprint density at radius 3 is 2.11 bits per heavy atom. The molecule has 44 valence electrons. The zero-order valence-corrected chi connectivity index (χ0v) is 10.4. The van der Waals surface area contributed by atoms with Gasteiger partial charge < -0.3 is 9.97 Å². The quantitative estimate of drug-likeness (QED) is 0.415. The van der Waals surface area contributed by atoms with Gasteiger partial charge in [0.05, 0.1) is 0 Å². The van der Waals surface area contributed by atoms with Gasteiger partial charge in [-0.05, 0) is 5.02 Å². The first-order valence-corrected chi connectivity index (χ1v) is 11.4. The molecule has 1 heterocycles. The van der Waals surface area contributed by atoms with E-state index in [-0.39, 0.29) is 0 Å². The van der Waals surface area contributed by atoms with E-state index < -0.39 is 0 Å². The molecule has 0 amide bonds. The number of hydrogen-bond donors (Lipinski definition) is 0. The van der Waals surface area contributed by atoms with Crippen LogP contribution >= 0.6 is 31.4 Å². The maximum atomic E-state index is 5.39. The molecule has 5 heteroatoms. The van der Waals surface area contributed by atoms with Gasteiger partial charge in [-0.3, -0.25) is 0 Å². The van der Waals surface area contributed by atoms with Crippen LogP contribution in [-0.2, 0) is 14.8 Å². The molecule has 0 aromatic carbocycles. The van der Waals surface area contributed by atoms with E-state index in [1.54, 1.807) is 0 Å². The van der Waals surface area contributed by atoms with Crippen LogP contribution in [0.4, 0.5) is 0 Å². The molecule has 0 bridgehead atoms. The van der Waals surface area contributed by atoms with E-state index in [2.05, 4.69) is 36.0 Å². The van der Waals surface area contributed by atoms with Gasteiger partial charge in [0.1, 0.15) is 0 Å². The third kappa shape index (κ3) is 5.18. The molecule has 2 nitrogen and oxygen atoms in total. The summed E-state index contributed by atoms with van der Waals surface area (Å²) in [6.45, 7) is 0. The van der Waals surface area contributed by atoms with Gasteiger partial charge >= 0.3 is 34.5 Å².